The van der Waals surface area contributed by atoms with Crippen LogP contribution in [0, 0.1) is 0 Å². The van der Waals surface area contributed by atoms with Crippen molar-refractivity contribution in [3.05, 3.63) is 23.8 Å². The second-order valence-corrected chi connectivity index (χ2v) is 6.01. The molecule has 0 saturated heterocycles. The number of nitrogens with one attached hydrogen (secondary N) is 1. The van der Waals surface area contributed by atoms with Gasteiger partial charge in [0.1, 0.15) is 0 Å². The minimum atomic E-state index is -4.41. The maximum Gasteiger partial charge on any atom is 0.422 e. The van der Waals surface area contributed by atoms with E-state index < -0.39 is 12.8 Å². The molecule has 0 bridgehead atoms. The predicted octanol–water partition coefficient (Wildman–Crippen LogP) is 3.50. The summed E-state index contributed by atoms with van der Waals surface area (Å²) in [5, 5.41) is 2.80. The first-order valence-corrected chi connectivity index (χ1v) is 8.46. The van der Waals surface area contributed by atoms with Gasteiger partial charge in [0, 0.05) is 19.6 Å². The van der Waals surface area contributed by atoms with Crippen molar-refractivity contribution in [2.75, 3.05) is 26.9 Å². The van der Waals surface area contributed by atoms with Gasteiger partial charge in [0.15, 0.2) is 18.1 Å². The van der Waals surface area contributed by atoms with Crippen LogP contribution in [-0.4, -0.2) is 45.1 Å². The van der Waals surface area contributed by atoms with E-state index >= 15 is 0 Å². The Kier molecular flexibility index (Phi) is 9.26. The van der Waals surface area contributed by atoms with Crippen molar-refractivity contribution in [3.63, 3.8) is 0 Å². The van der Waals surface area contributed by atoms with Gasteiger partial charge in [-0.1, -0.05) is 6.07 Å². The van der Waals surface area contributed by atoms with E-state index in [0.29, 0.717) is 19.6 Å². The molecule has 5 nitrogen and oxygen atoms in total. The van der Waals surface area contributed by atoms with Crippen LogP contribution in [0.2, 0.25) is 0 Å². The van der Waals surface area contributed by atoms with Gasteiger partial charge in [-0.2, -0.15) is 13.2 Å². The first-order chi connectivity index (χ1) is 12.2. The van der Waals surface area contributed by atoms with Crippen LogP contribution in [0.4, 0.5) is 13.2 Å². The van der Waals surface area contributed by atoms with Gasteiger partial charge >= 0.3 is 6.18 Å². The van der Waals surface area contributed by atoms with Crippen molar-refractivity contribution in [2.24, 2.45) is 0 Å². The third kappa shape index (κ3) is 9.50. The minimum absolute atomic E-state index is 0.0168. The SMILES string of the molecule is COc1cc(CCC(=O)NCCCOC(C)C)ccc1OCC(F)(F)F. The molecule has 0 atom stereocenters. The number of aryl methyl sites for hydroxylation is 1. The molecule has 0 radical (unpaired) electrons. The molecule has 0 heterocycles. The van der Waals surface area contributed by atoms with Crippen molar-refractivity contribution in [3.8, 4) is 11.5 Å². The second-order valence-electron chi connectivity index (χ2n) is 6.01. The highest BCUT2D eigenvalue weighted by Gasteiger charge is 2.29. The lowest BCUT2D eigenvalue weighted by molar-refractivity contribution is -0.153. The van der Waals surface area contributed by atoms with Crippen molar-refractivity contribution >= 4 is 5.91 Å². The zero-order valence-electron chi connectivity index (χ0n) is 15.3. The van der Waals surface area contributed by atoms with Gasteiger partial charge in [0.2, 0.25) is 5.91 Å². The smallest absolute Gasteiger partial charge is 0.422 e. The van der Waals surface area contributed by atoms with Crippen LogP contribution >= 0.6 is 0 Å². The molecule has 8 heteroatoms. The average Bonchev–Trinajstić information content (AvgIpc) is 2.57. The molecule has 148 valence electrons. The lowest BCUT2D eigenvalue weighted by atomic mass is 10.1. The number of hydrogen-bond acceptors (Lipinski definition) is 4. The monoisotopic (exact) mass is 377 g/mol. The van der Waals surface area contributed by atoms with E-state index in [0.717, 1.165) is 12.0 Å². The molecule has 0 aliphatic carbocycles. The van der Waals surface area contributed by atoms with Gasteiger partial charge in [-0.3, -0.25) is 4.79 Å². The molecule has 0 unspecified atom stereocenters. The molecule has 0 aliphatic heterocycles. The van der Waals surface area contributed by atoms with Crippen LogP contribution in [0.5, 0.6) is 11.5 Å². The Morgan fingerprint density at radius 2 is 1.96 bits per heavy atom. The molecule has 0 aromatic heterocycles. The maximum atomic E-state index is 12.2. The molecular weight excluding hydrogens is 351 g/mol. The van der Waals surface area contributed by atoms with Gasteiger partial charge < -0.3 is 19.5 Å². The molecule has 26 heavy (non-hydrogen) atoms. The molecule has 0 saturated carbocycles. The van der Waals surface area contributed by atoms with Crippen LogP contribution in [0.15, 0.2) is 18.2 Å². The van der Waals surface area contributed by atoms with Gasteiger partial charge in [0.05, 0.1) is 13.2 Å². The Labute approximate surface area is 151 Å². The number of rotatable bonds is 11. The molecule has 1 aromatic rings. The fourth-order valence-corrected chi connectivity index (χ4v) is 2.11. The van der Waals surface area contributed by atoms with Gasteiger partial charge in [-0.15, -0.1) is 0 Å². The number of amides is 1. The normalized spacial score (nSPS) is 11.5. The summed E-state index contributed by atoms with van der Waals surface area (Å²) in [5.74, 6) is 0.132. The molecule has 0 spiro atoms. The van der Waals surface area contributed by atoms with E-state index in [2.05, 4.69) is 5.32 Å². The van der Waals surface area contributed by atoms with Crippen LogP contribution in [-0.2, 0) is 16.0 Å². The van der Waals surface area contributed by atoms with Gasteiger partial charge in [-0.25, -0.2) is 0 Å². The molecule has 1 amide bonds. The van der Waals surface area contributed by atoms with Crippen LogP contribution in [0.25, 0.3) is 0 Å². The minimum Gasteiger partial charge on any atom is -0.493 e. The number of halogens is 3. The first-order valence-electron chi connectivity index (χ1n) is 8.46. The van der Waals surface area contributed by atoms with Crippen molar-refractivity contribution in [2.45, 2.75) is 45.4 Å². The topological polar surface area (TPSA) is 56.8 Å². The van der Waals surface area contributed by atoms with Crippen molar-refractivity contribution in [1.29, 1.82) is 0 Å². The number of ether oxygens (including phenoxy) is 3. The third-order valence-corrected chi connectivity index (χ3v) is 3.35. The summed E-state index contributed by atoms with van der Waals surface area (Å²) in [6, 6.07) is 4.62. The fraction of sp³-hybridized carbons (Fsp3) is 0.611. The van der Waals surface area contributed by atoms with E-state index in [1.165, 1.54) is 13.2 Å². The Balaban J connectivity index is 2.41. The lowest BCUT2D eigenvalue weighted by Crippen LogP contribution is -2.25. The van der Waals surface area contributed by atoms with Crippen LogP contribution in [0.3, 0.4) is 0 Å². The number of alkyl halides is 3. The summed E-state index contributed by atoms with van der Waals surface area (Å²) in [5.41, 5.74) is 0.777. The van der Waals surface area contributed by atoms with E-state index in [9.17, 15) is 18.0 Å². The number of methoxy groups -OCH3 is 1. The number of carbonyl (C=O) groups excluding carboxylic acids is 1. The summed E-state index contributed by atoms with van der Waals surface area (Å²) in [6.45, 7) is 3.65. The molecule has 0 fully saturated rings. The van der Waals surface area contributed by atoms with Crippen molar-refractivity contribution < 1.29 is 32.2 Å². The highest BCUT2D eigenvalue weighted by molar-refractivity contribution is 5.76. The van der Waals surface area contributed by atoms with Gasteiger partial charge in [0.25, 0.3) is 0 Å². The average molecular weight is 377 g/mol. The van der Waals surface area contributed by atoms with Gasteiger partial charge in [-0.05, 0) is 44.4 Å². The highest BCUT2D eigenvalue weighted by Crippen LogP contribution is 2.30. The summed E-state index contributed by atoms with van der Waals surface area (Å²) in [4.78, 5) is 11.8. The molecule has 1 N–H and O–H groups in total. The maximum absolute atomic E-state index is 12.2. The Morgan fingerprint density at radius 1 is 1.23 bits per heavy atom. The van der Waals surface area contributed by atoms with E-state index in [-0.39, 0.29) is 29.9 Å². The largest absolute Gasteiger partial charge is 0.493 e. The summed E-state index contributed by atoms with van der Waals surface area (Å²) < 4.78 is 51.9. The molecule has 1 rings (SSSR count). The zero-order valence-corrected chi connectivity index (χ0v) is 15.3. The number of carbonyl (C=O) groups is 1. The Hall–Kier alpha value is -1.96. The van der Waals surface area contributed by atoms with E-state index in [1.54, 1.807) is 12.1 Å². The zero-order chi connectivity index (χ0) is 19.6. The predicted molar refractivity (Wildman–Crippen MR) is 91.6 cm³/mol. The van der Waals surface area contributed by atoms with Crippen LogP contribution in [0.1, 0.15) is 32.3 Å². The molecule has 1 aromatic carbocycles. The first kappa shape index (κ1) is 22.1. The van der Waals surface area contributed by atoms with Crippen LogP contribution < -0.4 is 14.8 Å². The quantitative estimate of drug-likeness (QED) is 0.600. The summed E-state index contributed by atoms with van der Waals surface area (Å²) in [6.07, 6.45) is -2.78. The number of benzene rings is 1. The lowest BCUT2D eigenvalue weighted by Gasteiger charge is -2.13. The fourth-order valence-electron chi connectivity index (χ4n) is 2.11. The van der Waals surface area contributed by atoms with E-state index in [1.807, 2.05) is 13.8 Å². The third-order valence-electron chi connectivity index (χ3n) is 3.35. The molecular formula is C18H26F3NO4. The second kappa shape index (κ2) is 10.9. The summed E-state index contributed by atoms with van der Waals surface area (Å²) in [7, 11) is 1.35. The molecule has 0 aliphatic rings. The standard InChI is InChI=1S/C18H26F3NO4/c1-13(2)25-10-4-9-22-17(23)8-6-14-5-7-15(16(11-14)24-3)26-12-18(19,20)21/h5,7,11,13H,4,6,8-10,12H2,1-3H3,(H,22,23). The van der Waals surface area contributed by atoms with Crippen molar-refractivity contribution in [1.82, 2.24) is 5.32 Å². The summed E-state index contributed by atoms with van der Waals surface area (Å²) >= 11 is 0. The number of hydrogen-bond donors (Lipinski definition) is 1. The highest BCUT2D eigenvalue weighted by atomic mass is 19.4. The Bertz CT molecular complexity index is 562. The Morgan fingerprint density at radius 3 is 2.58 bits per heavy atom. The van der Waals surface area contributed by atoms with E-state index in [4.69, 9.17) is 14.2 Å².